The van der Waals surface area contributed by atoms with Crippen molar-refractivity contribution in [2.24, 2.45) is 4.99 Å². The zero-order chi connectivity index (χ0) is 20.4. The van der Waals surface area contributed by atoms with Crippen LogP contribution in [0.2, 0.25) is 0 Å². The Hall–Kier alpha value is -2.38. The number of aromatic nitrogens is 1. The summed E-state index contributed by atoms with van der Waals surface area (Å²) in [7, 11) is 0. The lowest BCUT2D eigenvalue weighted by atomic mass is 10.1. The molecule has 1 aromatic heterocycles. The summed E-state index contributed by atoms with van der Waals surface area (Å²) in [5.41, 5.74) is 1.70. The van der Waals surface area contributed by atoms with E-state index in [1.54, 1.807) is 6.07 Å². The highest BCUT2D eigenvalue weighted by atomic mass is 79.9. The van der Waals surface area contributed by atoms with Crippen molar-refractivity contribution in [3.05, 3.63) is 82.5 Å². The molecule has 2 nitrogen and oxygen atoms in total. The van der Waals surface area contributed by atoms with Crippen molar-refractivity contribution in [1.29, 1.82) is 0 Å². The molecule has 156 valence electrons. The average molecular weight is 493 g/mol. The lowest BCUT2D eigenvalue weighted by Gasteiger charge is -2.09. The Morgan fingerprint density at radius 3 is 2.43 bits per heavy atom. The van der Waals surface area contributed by atoms with E-state index in [0.717, 1.165) is 41.7 Å². The molecule has 0 saturated heterocycles. The predicted octanol–water partition coefficient (Wildman–Crippen LogP) is 7.61. The zero-order valence-electron chi connectivity index (χ0n) is 16.2. The van der Waals surface area contributed by atoms with E-state index in [-0.39, 0.29) is 17.0 Å². The number of rotatable bonds is 4. The van der Waals surface area contributed by atoms with E-state index < -0.39 is 11.7 Å². The summed E-state index contributed by atoms with van der Waals surface area (Å²) in [6, 6.07) is 19.6. The van der Waals surface area contributed by atoms with Crippen molar-refractivity contribution in [3.8, 4) is 11.3 Å². The Bertz CT molecular complexity index is 1220. The Kier molecular flexibility index (Phi) is 6.83. The van der Waals surface area contributed by atoms with Crippen LogP contribution in [0.1, 0.15) is 18.9 Å². The molecule has 0 radical (unpaired) electrons. The molecule has 3 aromatic carbocycles. The Morgan fingerprint density at radius 2 is 1.70 bits per heavy atom. The summed E-state index contributed by atoms with van der Waals surface area (Å²) in [6.07, 6.45) is -3.48. The van der Waals surface area contributed by atoms with Crippen LogP contribution in [0.3, 0.4) is 0 Å². The lowest BCUT2D eigenvalue weighted by molar-refractivity contribution is -0.137. The maximum Gasteiger partial charge on any atom is 0.416 e. The standard InChI is InChI=1S/C23H19F3N2S.BrH/c1-2-12-28-21(18-11-10-16-6-3-4-7-17(16)13-18)15-29-22(28)27-20-9-5-8-19(14-20)23(24,25)26;/h3-11,13-15H,2,12H2,1H3;1H. The molecule has 0 atom stereocenters. The summed E-state index contributed by atoms with van der Waals surface area (Å²) in [6.45, 7) is 2.81. The van der Waals surface area contributed by atoms with Gasteiger partial charge in [-0.2, -0.15) is 13.2 Å². The van der Waals surface area contributed by atoms with Crippen molar-refractivity contribution in [2.75, 3.05) is 0 Å². The quantitative estimate of drug-likeness (QED) is 0.279. The van der Waals surface area contributed by atoms with Crippen LogP contribution in [0.5, 0.6) is 0 Å². The number of hydrogen-bond donors (Lipinski definition) is 0. The fourth-order valence-corrected chi connectivity index (χ4v) is 4.26. The van der Waals surface area contributed by atoms with E-state index in [4.69, 9.17) is 0 Å². The van der Waals surface area contributed by atoms with Gasteiger partial charge in [0.1, 0.15) is 0 Å². The smallest absolute Gasteiger partial charge is 0.316 e. The predicted molar refractivity (Wildman–Crippen MR) is 123 cm³/mol. The van der Waals surface area contributed by atoms with E-state index >= 15 is 0 Å². The van der Waals surface area contributed by atoms with Gasteiger partial charge in [0.15, 0.2) is 4.80 Å². The van der Waals surface area contributed by atoms with Crippen LogP contribution >= 0.6 is 28.3 Å². The Morgan fingerprint density at radius 1 is 0.933 bits per heavy atom. The van der Waals surface area contributed by atoms with Gasteiger partial charge in [-0.25, -0.2) is 4.99 Å². The molecular weight excluding hydrogens is 473 g/mol. The highest BCUT2D eigenvalue weighted by Gasteiger charge is 2.30. The van der Waals surface area contributed by atoms with Gasteiger partial charge in [-0.05, 0) is 47.0 Å². The molecule has 0 bridgehead atoms. The molecule has 0 aliphatic heterocycles. The number of thiazole rings is 1. The first-order chi connectivity index (χ1) is 14.0. The molecule has 0 unspecified atom stereocenters. The number of nitrogens with zero attached hydrogens (tertiary/aromatic N) is 2. The van der Waals surface area contributed by atoms with Crippen LogP contribution < -0.4 is 4.80 Å². The van der Waals surface area contributed by atoms with Gasteiger partial charge in [-0.1, -0.05) is 49.4 Å². The van der Waals surface area contributed by atoms with E-state index in [2.05, 4.69) is 46.8 Å². The second kappa shape index (κ2) is 9.18. The first kappa shape index (κ1) is 22.3. The van der Waals surface area contributed by atoms with Crippen molar-refractivity contribution in [3.63, 3.8) is 0 Å². The van der Waals surface area contributed by atoms with E-state index in [0.29, 0.717) is 10.5 Å². The molecule has 0 aliphatic rings. The van der Waals surface area contributed by atoms with Crippen molar-refractivity contribution in [1.82, 2.24) is 4.57 Å². The molecule has 0 spiro atoms. The van der Waals surface area contributed by atoms with Gasteiger partial charge in [-0.15, -0.1) is 28.3 Å². The maximum absolute atomic E-state index is 13.0. The summed E-state index contributed by atoms with van der Waals surface area (Å²) >= 11 is 1.44. The number of hydrogen-bond acceptors (Lipinski definition) is 2. The molecule has 30 heavy (non-hydrogen) atoms. The van der Waals surface area contributed by atoms with Gasteiger partial charge < -0.3 is 4.57 Å². The highest BCUT2D eigenvalue weighted by Crippen LogP contribution is 2.31. The van der Waals surface area contributed by atoms with Crippen LogP contribution in [0.25, 0.3) is 22.0 Å². The first-order valence-corrected chi connectivity index (χ1v) is 10.2. The topological polar surface area (TPSA) is 17.3 Å². The summed E-state index contributed by atoms with van der Waals surface area (Å²) in [5.74, 6) is 0. The third kappa shape index (κ3) is 4.68. The lowest BCUT2D eigenvalue weighted by Crippen LogP contribution is -2.15. The van der Waals surface area contributed by atoms with Crippen molar-refractivity contribution < 1.29 is 13.2 Å². The van der Waals surface area contributed by atoms with Gasteiger partial charge in [0.2, 0.25) is 0 Å². The number of halogens is 4. The third-order valence-corrected chi connectivity index (χ3v) is 5.55. The average Bonchev–Trinajstić information content (AvgIpc) is 3.10. The largest absolute Gasteiger partial charge is 0.416 e. The third-order valence-electron chi connectivity index (χ3n) is 4.69. The minimum absolute atomic E-state index is 0. The van der Waals surface area contributed by atoms with Crippen LogP contribution in [0.15, 0.2) is 77.1 Å². The van der Waals surface area contributed by atoms with E-state index in [1.165, 1.54) is 22.8 Å². The molecular formula is C23H20BrF3N2S. The van der Waals surface area contributed by atoms with Gasteiger partial charge in [-0.3, -0.25) is 0 Å². The minimum Gasteiger partial charge on any atom is -0.316 e. The molecule has 0 N–H and O–H groups in total. The zero-order valence-corrected chi connectivity index (χ0v) is 18.7. The molecule has 7 heteroatoms. The number of benzene rings is 3. The van der Waals surface area contributed by atoms with Crippen LogP contribution in [0, 0.1) is 0 Å². The molecule has 0 amide bonds. The fraction of sp³-hybridized carbons (Fsp3) is 0.174. The normalized spacial score (nSPS) is 12.2. The van der Waals surface area contributed by atoms with Gasteiger partial charge in [0.25, 0.3) is 0 Å². The summed E-state index contributed by atoms with van der Waals surface area (Å²) in [4.78, 5) is 5.21. The monoisotopic (exact) mass is 492 g/mol. The highest BCUT2D eigenvalue weighted by molar-refractivity contribution is 8.93. The van der Waals surface area contributed by atoms with Crippen LogP contribution in [0.4, 0.5) is 18.9 Å². The number of fused-ring (bicyclic) bond motifs is 1. The van der Waals surface area contributed by atoms with Crippen LogP contribution in [-0.2, 0) is 12.7 Å². The Labute approximate surface area is 187 Å². The SMILES string of the molecule is Br.CCCn1c(-c2ccc3ccccc3c2)csc1=Nc1cccc(C(F)(F)F)c1. The van der Waals surface area contributed by atoms with E-state index in [1.807, 2.05) is 17.5 Å². The molecule has 0 saturated carbocycles. The molecule has 0 fully saturated rings. The Balaban J connectivity index is 0.00000256. The number of alkyl halides is 3. The maximum atomic E-state index is 13.0. The first-order valence-electron chi connectivity index (χ1n) is 9.35. The molecule has 4 aromatic rings. The van der Waals surface area contributed by atoms with Gasteiger partial charge >= 0.3 is 6.18 Å². The molecule has 4 rings (SSSR count). The van der Waals surface area contributed by atoms with Crippen LogP contribution in [-0.4, -0.2) is 4.57 Å². The second-order valence-corrected chi connectivity index (χ2v) is 7.61. The molecule has 1 heterocycles. The summed E-state index contributed by atoms with van der Waals surface area (Å²) in [5, 5.41) is 4.34. The second-order valence-electron chi connectivity index (χ2n) is 6.78. The van der Waals surface area contributed by atoms with Gasteiger partial charge in [0.05, 0.1) is 16.9 Å². The minimum atomic E-state index is -4.38. The fourth-order valence-electron chi connectivity index (χ4n) is 3.30. The van der Waals surface area contributed by atoms with E-state index in [9.17, 15) is 13.2 Å². The van der Waals surface area contributed by atoms with Crippen molar-refractivity contribution in [2.45, 2.75) is 26.1 Å². The summed E-state index contributed by atoms with van der Waals surface area (Å²) < 4.78 is 41.1. The van der Waals surface area contributed by atoms with Gasteiger partial charge in [0, 0.05) is 11.9 Å². The molecule has 0 aliphatic carbocycles. The van der Waals surface area contributed by atoms with Crippen molar-refractivity contribution >= 4 is 44.8 Å².